The van der Waals surface area contributed by atoms with Gasteiger partial charge in [-0.25, -0.2) is 0 Å². The molecule has 0 aliphatic heterocycles. The number of ether oxygens (including phenoxy) is 2. The predicted octanol–water partition coefficient (Wildman–Crippen LogP) is 2.86. The summed E-state index contributed by atoms with van der Waals surface area (Å²) in [5.41, 5.74) is 1.48. The number of benzene rings is 1. The zero-order valence-electron chi connectivity index (χ0n) is 10.6. The third-order valence-electron chi connectivity index (χ3n) is 3.26. The van der Waals surface area contributed by atoms with Crippen LogP contribution < -0.4 is 0 Å². The van der Waals surface area contributed by atoms with Gasteiger partial charge in [0.05, 0.1) is 13.2 Å². The van der Waals surface area contributed by atoms with Crippen LogP contribution in [0.1, 0.15) is 25.3 Å². The Kier molecular flexibility index (Phi) is 3.82. The maximum absolute atomic E-state index is 11.1. The molecule has 0 N–H and O–H groups in total. The number of hydrogen-bond donors (Lipinski definition) is 0. The molecule has 96 valence electrons. The van der Waals surface area contributed by atoms with Crippen LogP contribution in [-0.2, 0) is 20.9 Å². The summed E-state index contributed by atoms with van der Waals surface area (Å²) in [6.45, 7) is 6.27. The highest BCUT2D eigenvalue weighted by Crippen LogP contribution is 2.40. The Morgan fingerprint density at radius 3 is 2.61 bits per heavy atom. The SMILES string of the molecule is C=C1CCC1(COCc1ccccc1)OC(C)=O. The monoisotopic (exact) mass is 246 g/mol. The van der Waals surface area contributed by atoms with Crippen LogP contribution in [-0.4, -0.2) is 18.2 Å². The van der Waals surface area contributed by atoms with E-state index in [1.807, 2.05) is 30.3 Å². The smallest absolute Gasteiger partial charge is 0.303 e. The lowest BCUT2D eigenvalue weighted by Gasteiger charge is -2.42. The van der Waals surface area contributed by atoms with Gasteiger partial charge in [-0.15, -0.1) is 0 Å². The zero-order valence-corrected chi connectivity index (χ0v) is 10.6. The highest BCUT2D eigenvalue weighted by atomic mass is 16.6. The van der Waals surface area contributed by atoms with Crippen molar-refractivity contribution in [2.75, 3.05) is 6.61 Å². The first-order chi connectivity index (χ1) is 8.62. The summed E-state index contributed by atoms with van der Waals surface area (Å²) < 4.78 is 11.0. The fourth-order valence-electron chi connectivity index (χ4n) is 2.09. The Hall–Kier alpha value is -1.61. The minimum Gasteiger partial charge on any atom is -0.452 e. The Labute approximate surface area is 107 Å². The van der Waals surface area contributed by atoms with Crippen molar-refractivity contribution < 1.29 is 14.3 Å². The molecule has 1 atom stereocenters. The Balaban J connectivity index is 1.87. The summed E-state index contributed by atoms with van der Waals surface area (Å²) in [5, 5.41) is 0. The first-order valence-electron chi connectivity index (χ1n) is 6.12. The minimum absolute atomic E-state index is 0.279. The zero-order chi connectivity index (χ0) is 13.0. The molecule has 0 amide bonds. The summed E-state index contributed by atoms with van der Waals surface area (Å²) in [6.07, 6.45) is 1.71. The van der Waals surface area contributed by atoms with Gasteiger partial charge < -0.3 is 9.47 Å². The lowest BCUT2D eigenvalue weighted by molar-refractivity contribution is -0.166. The second-order valence-electron chi connectivity index (χ2n) is 4.67. The quantitative estimate of drug-likeness (QED) is 0.592. The van der Waals surface area contributed by atoms with Gasteiger partial charge in [-0.2, -0.15) is 0 Å². The van der Waals surface area contributed by atoms with Gasteiger partial charge in [-0.3, -0.25) is 4.79 Å². The first-order valence-corrected chi connectivity index (χ1v) is 6.12. The number of esters is 1. The Morgan fingerprint density at radius 1 is 1.39 bits per heavy atom. The van der Waals surface area contributed by atoms with E-state index in [0.29, 0.717) is 13.2 Å². The molecule has 1 aliphatic carbocycles. The van der Waals surface area contributed by atoms with Crippen molar-refractivity contribution in [1.29, 1.82) is 0 Å². The molecule has 0 radical (unpaired) electrons. The number of carbonyl (C=O) groups excluding carboxylic acids is 1. The molecular weight excluding hydrogens is 228 g/mol. The van der Waals surface area contributed by atoms with E-state index in [2.05, 4.69) is 6.58 Å². The highest BCUT2D eigenvalue weighted by molar-refractivity contribution is 5.67. The summed E-state index contributed by atoms with van der Waals surface area (Å²) in [5.74, 6) is -0.279. The lowest BCUT2D eigenvalue weighted by Crippen LogP contribution is -2.47. The van der Waals surface area contributed by atoms with Crippen LogP contribution >= 0.6 is 0 Å². The van der Waals surface area contributed by atoms with Crippen molar-refractivity contribution >= 4 is 5.97 Å². The van der Waals surface area contributed by atoms with Crippen molar-refractivity contribution in [1.82, 2.24) is 0 Å². The topological polar surface area (TPSA) is 35.5 Å². The lowest BCUT2D eigenvalue weighted by atomic mass is 9.76. The summed E-state index contributed by atoms with van der Waals surface area (Å²) in [6, 6.07) is 9.94. The van der Waals surface area contributed by atoms with E-state index in [0.717, 1.165) is 24.0 Å². The van der Waals surface area contributed by atoms with Crippen molar-refractivity contribution in [2.45, 2.75) is 32.0 Å². The molecule has 0 heterocycles. The average molecular weight is 246 g/mol. The van der Waals surface area contributed by atoms with Gasteiger partial charge in [0.1, 0.15) is 0 Å². The second kappa shape index (κ2) is 5.36. The maximum atomic E-state index is 11.1. The van der Waals surface area contributed by atoms with Crippen LogP contribution in [0.4, 0.5) is 0 Å². The molecule has 1 unspecified atom stereocenters. The van der Waals surface area contributed by atoms with E-state index in [-0.39, 0.29) is 5.97 Å². The van der Waals surface area contributed by atoms with Gasteiger partial charge in [0.15, 0.2) is 5.60 Å². The minimum atomic E-state index is -0.583. The van der Waals surface area contributed by atoms with Crippen LogP contribution in [0.5, 0.6) is 0 Å². The molecule has 0 spiro atoms. The summed E-state index contributed by atoms with van der Waals surface area (Å²) in [4.78, 5) is 11.1. The van der Waals surface area contributed by atoms with Crippen LogP contribution in [0.3, 0.4) is 0 Å². The molecule has 1 aromatic rings. The van der Waals surface area contributed by atoms with Crippen molar-refractivity contribution in [2.24, 2.45) is 0 Å². The predicted molar refractivity (Wildman–Crippen MR) is 69.0 cm³/mol. The van der Waals surface area contributed by atoms with Gasteiger partial charge in [0.2, 0.25) is 0 Å². The summed E-state index contributed by atoms with van der Waals surface area (Å²) >= 11 is 0. The fourth-order valence-corrected chi connectivity index (χ4v) is 2.09. The van der Waals surface area contributed by atoms with Crippen molar-refractivity contribution in [3.8, 4) is 0 Å². The number of hydrogen-bond acceptors (Lipinski definition) is 3. The van der Waals surface area contributed by atoms with E-state index < -0.39 is 5.60 Å². The van der Waals surface area contributed by atoms with E-state index in [1.165, 1.54) is 6.92 Å². The molecule has 3 nitrogen and oxygen atoms in total. The van der Waals surface area contributed by atoms with E-state index in [1.54, 1.807) is 0 Å². The van der Waals surface area contributed by atoms with Crippen LogP contribution in [0.15, 0.2) is 42.5 Å². The van der Waals surface area contributed by atoms with Gasteiger partial charge in [0, 0.05) is 6.92 Å². The Morgan fingerprint density at radius 2 is 2.11 bits per heavy atom. The average Bonchev–Trinajstić information content (AvgIpc) is 2.36. The standard InChI is InChI=1S/C15H18O3/c1-12-8-9-15(12,18-13(2)16)11-17-10-14-6-4-3-5-7-14/h3-7H,1,8-11H2,2H3. The highest BCUT2D eigenvalue weighted by Gasteiger charge is 2.44. The van der Waals surface area contributed by atoms with Crippen LogP contribution in [0.25, 0.3) is 0 Å². The van der Waals surface area contributed by atoms with Gasteiger partial charge in [-0.1, -0.05) is 36.9 Å². The van der Waals surface area contributed by atoms with Crippen molar-refractivity contribution in [3.05, 3.63) is 48.0 Å². The molecule has 1 aromatic carbocycles. The third kappa shape index (κ3) is 2.79. The molecule has 1 fully saturated rings. The van der Waals surface area contributed by atoms with E-state index in [9.17, 15) is 4.79 Å². The van der Waals surface area contributed by atoms with Crippen LogP contribution in [0, 0.1) is 0 Å². The molecule has 2 rings (SSSR count). The van der Waals surface area contributed by atoms with Crippen LogP contribution in [0.2, 0.25) is 0 Å². The second-order valence-corrected chi connectivity index (χ2v) is 4.67. The maximum Gasteiger partial charge on any atom is 0.303 e. The third-order valence-corrected chi connectivity index (χ3v) is 3.26. The van der Waals surface area contributed by atoms with Gasteiger partial charge in [0.25, 0.3) is 0 Å². The molecule has 0 saturated heterocycles. The molecule has 0 bridgehead atoms. The molecule has 1 saturated carbocycles. The molecule has 0 aromatic heterocycles. The largest absolute Gasteiger partial charge is 0.452 e. The van der Waals surface area contributed by atoms with E-state index >= 15 is 0 Å². The fraction of sp³-hybridized carbons (Fsp3) is 0.400. The summed E-state index contributed by atoms with van der Waals surface area (Å²) in [7, 11) is 0. The molecule has 3 heteroatoms. The molecule has 18 heavy (non-hydrogen) atoms. The van der Waals surface area contributed by atoms with Gasteiger partial charge >= 0.3 is 5.97 Å². The normalized spacial score (nSPS) is 22.4. The van der Waals surface area contributed by atoms with Crippen molar-refractivity contribution in [3.63, 3.8) is 0 Å². The molecule has 1 aliphatic rings. The molecular formula is C15H18O3. The van der Waals surface area contributed by atoms with Gasteiger partial charge in [-0.05, 0) is 24.0 Å². The van der Waals surface area contributed by atoms with E-state index in [4.69, 9.17) is 9.47 Å². The number of carbonyl (C=O) groups is 1. The Bertz CT molecular complexity index is 438. The first kappa shape index (κ1) is 12.8. The number of rotatable bonds is 5.